The molecule has 0 saturated heterocycles. The lowest BCUT2D eigenvalue weighted by Gasteiger charge is -2.08. The van der Waals surface area contributed by atoms with E-state index < -0.39 is 0 Å². The third-order valence-electron chi connectivity index (χ3n) is 3.05. The van der Waals surface area contributed by atoms with E-state index in [1.807, 2.05) is 13.1 Å². The first-order chi connectivity index (χ1) is 10.1. The van der Waals surface area contributed by atoms with Crippen molar-refractivity contribution in [3.63, 3.8) is 0 Å². The Labute approximate surface area is 130 Å². The zero-order chi connectivity index (χ0) is 15.2. The van der Waals surface area contributed by atoms with Crippen molar-refractivity contribution in [2.24, 2.45) is 0 Å². The van der Waals surface area contributed by atoms with Gasteiger partial charge in [0.1, 0.15) is 17.5 Å². The third kappa shape index (κ3) is 4.44. The maximum absolute atomic E-state index is 5.11. The number of hydrogen-bond acceptors (Lipinski definition) is 5. The monoisotopic (exact) mass is 303 g/mol. The van der Waals surface area contributed by atoms with Crippen LogP contribution in [0.1, 0.15) is 31.2 Å². The Kier molecular flexibility index (Phi) is 5.59. The number of rotatable bonds is 6. The molecule has 5 heteroatoms. The molecule has 0 atom stereocenters. The summed E-state index contributed by atoms with van der Waals surface area (Å²) >= 11 is 1.63. The first kappa shape index (κ1) is 15.8. The highest BCUT2D eigenvalue weighted by molar-refractivity contribution is 7.99. The Bertz CT molecular complexity index is 585. The van der Waals surface area contributed by atoms with Crippen LogP contribution in [0.3, 0.4) is 0 Å². The summed E-state index contributed by atoms with van der Waals surface area (Å²) in [5.41, 5.74) is 1.35. The zero-order valence-electron chi connectivity index (χ0n) is 12.9. The number of nitrogens with zero attached hydrogens (tertiary/aromatic N) is 2. The summed E-state index contributed by atoms with van der Waals surface area (Å²) in [6, 6.07) is 10.6. The van der Waals surface area contributed by atoms with Gasteiger partial charge in [0.2, 0.25) is 0 Å². The normalized spacial score (nSPS) is 10.9. The minimum atomic E-state index is 0.412. The highest BCUT2D eigenvalue weighted by Crippen LogP contribution is 2.28. The summed E-state index contributed by atoms with van der Waals surface area (Å²) in [6.07, 6.45) is 0. The molecule has 0 aliphatic carbocycles. The van der Waals surface area contributed by atoms with Gasteiger partial charge >= 0.3 is 0 Å². The molecule has 0 amide bonds. The van der Waals surface area contributed by atoms with Gasteiger partial charge < -0.3 is 10.1 Å². The fourth-order valence-electron chi connectivity index (χ4n) is 1.89. The van der Waals surface area contributed by atoms with Crippen LogP contribution in [0.15, 0.2) is 40.3 Å². The molecule has 1 N–H and O–H groups in total. The number of hydrogen-bond donors (Lipinski definition) is 1. The Balaban J connectivity index is 2.19. The maximum Gasteiger partial charge on any atom is 0.157 e. The van der Waals surface area contributed by atoms with Gasteiger partial charge in [0.15, 0.2) is 5.82 Å². The Morgan fingerprint density at radius 2 is 1.90 bits per heavy atom. The first-order valence-electron chi connectivity index (χ1n) is 6.95. The quantitative estimate of drug-likeness (QED) is 0.819. The van der Waals surface area contributed by atoms with Crippen LogP contribution < -0.4 is 5.32 Å². The van der Waals surface area contributed by atoms with E-state index in [4.69, 9.17) is 4.74 Å². The predicted octanol–water partition coefficient (Wildman–Crippen LogP) is 3.94. The number of nitrogens with one attached hydrogen (secondary N) is 1. The number of aromatic nitrogens is 2. The lowest BCUT2D eigenvalue weighted by Crippen LogP contribution is -2.02. The van der Waals surface area contributed by atoms with Gasteiger partial charge in [-0.25, -0.2) is 9.97 Å². The molecule has 1 aromatic carbocycles. The molecule has 0 bridgehead atoms. The predicted molar refractivity (Wildman–Crippen MR) is 86.9 cm³/mol. The van der Waals surface area contributed by atoms with Gasteiger partial charge in [-0.15, -0.1) is 0 Å². The van der Waals surface area contributed by atoms with Crippen molar-refractivity contribution in [2.75, 3.05) is 19.5 Å². The molecule has 21 heavy (non-hydrogen) atoms. The van der Waals surface area contributed by atoms with Crippen LogP contribution in [0.2, 0.25) is 0 Å². The molecule has 2 aromatic rings. The van der Waals surface area contributed by atoms with Gasteiger partial charge in [0.25, 0.3) is 0 Å². The minimum absolute atomic E-state index is 0.412. The lowest BCUT2D eigenvalue weighted by atomic mass is 10.0. The molecule has 4 nitrogen and oxygen atoms in total. The van der Waals surface area contributed by atoms with E-state index in [1.54, 1.807) is 18.9 Å². The summed E-state index contributed by atoms with van der Waals surface area (Å²) in [7, 11) is 3.50. The van der Waals surface area contributed by atoms with Gasteiger partial charge in [0, 0.05) is 25.1 Å². The fraction of sp³-hybridized carbons (Fsp3) is 0.375. The molecule has 0 spiro atoms. The molecule has 2 rings (SSSR count). The smallest absolute Gasteiger partial charge is 0.157 e. The lowest BCUT2D eigenvalue weighted by molar-refractivity contribution is 0.177. The SMILES string of the molecule is CNc1cc(Sc2ccc(C(C)C)cc2)nc(COC)n1. The molecule has 0 unspecified atom stereocenters. The zero-order valence-corrected chi connectivity index (χ0v) is 13.7. The van der Waals surface area contributed by atoms with E-state index in [1.165, 1.54) is 10.5 Å². The van der Waals surface area contributed by atoms with Crippen LogP contribution in [-0.2, 0) is 11.3 Å². The van der Waals surface area contributed by atoms with Crippen molar-refractivity contribution in [2.45, 2.75) is 36.3 Å². The van der Waals surface area contributed by atoms with Gasteiger partial charge in [-0.1, -0.05) is 37.7 Å². The van der Waals surface area contributed by atoms with Gasteiger partial charge in [-0.05, 0) is 23.6 Å². The van der Waals surface area contributed by atoms with Gasteiger partial charge in [-0.2, -0.15) is 0 Å². The molecule has 1 heterocycles. The Morgan fingerprint density at radius 1 is 1.19 bits per heavy atom. The van der Waals surface area contributed by atoms with E-state index in [-0.39, 0.29) is 0 Å². The molecular weight excluding hydrogens is 282 g/mol. The molecule has 0 aliphatic rings. The van der Waals surface area contributed by atoms with Crippen LogP contribution in [0.25, 0.3) is 0 Å². The van der Waals surface area contributed by atoms with Crippen molar-refractivity contribution in [3.05, 3.63) is 41.7 Å². The first-order valence-corrected chi connectivity index (χ1v) is 7.76. The second-order valence-corrected chi connectivity index (χ2v) is 6.11. The largest absolute Gasteiger partial charge is 0.377 e. The molecular formula is C16H21N3OS. The highest BCUT2D eigenvalue weighted by Gasteiger charge is 2.06. The minimum Gasteiger partial charge on any atom is -0.377 e. The van der Waals surface area contributed by atoms with E-state index in [9.17, 15) is 0 Å². The summed E-state index contributed by atoms with van der Waals surface area (Å²) < 4.78 is 5.11. The summed E-state index contributed by atoms with van der Waals surface area (Å²) in [6.45, 7) is 4.81. The van der Waals surface area contributed by atoms with Crippen LogP contribution in [-0.4, -0.2) is 24.1 Å². The number of ether oxygens (including phenoxy) is 1. The fourth-order valence-corrected chi connectivity index (χ4v) is 2.72. The molecule has 0 fully saturated rings. The van der Waals surface area contributed by atoms with Crippen LogP contribution >= 0.6 is 11.8 Å². The Hall–Kier alpha value is -1.59. The van der Waals surface area contributed by atoms with E-state index in [0.29, 0.717) is 18.3 Å². The standard InChI is InChI=1S/C16H21N3OS/c1-11(2)12-5-7-13(8-6-12)21-16-9-14(17-3)18-15(19-16)10-20-4/h5-9,11H,10H2,1-4H3,(H,17,18,19). The van der Waals surface area contributed by atoms with Crippen molar-refractivity contribution in [1.82, 2.24) is 9.97 Å². The highest BCUT2D eigenvalue weighted by atomic mass is 32.2. The van der Waals surface area contributed by atoms with Crippen molar-refractivity contribution in [3.8, 4) is 0 Å². The van der Waals surface area contributed by atoms with E-state index in [0.717, 1.165) is 10.8 Å². The average molecular weight is 303 g/mol. The molecule has 112 valence electrons. The van der Waals surface area contributed by atoms with E-state index in [2.05, 4.69) is 53.4 Å². The van der Waals surface area contributed by atoms with Crippen molar-refractivity contribution >= 4 is 17.6 Å². The van der Waals surface area contributed by atoms with Crippen LogP contribution in [0.4, 0.5) is 5.82 Å². The number of anilines is 1. The second-order valence-electron chi connectivity index (χ2n) is 5.02. The summed E-state index contributed by atoms with van der Waals surface area (Å²) in [4.78, 5) is 10.0. The van der Waals surface area contributed by atoms with Gasteiger partial charge in [-0.3, -0.25) is 0 Å². The molecule has 1 aromatic heterocycles. The average Bonchev–Trinajstić information content (AvgIpc) is 2.48. The van der Waals surface area contributed by atoms with Crippen molar-refractivity contribution in [1.29, 1.82) is 0 Å². The molecule has 0 saturated carbocycles. The van der Waals surface area contributed by atoms with Gasteiger partial charge in [0.05, 0.1) is 0 Å². The maximum atomic E-state index is 5.11. The summed E-state index contributed by atoms with van der Waals surface area (Å²) in [5, 5.41) is 3.97. The van der Waals surface area contributed by atoms with Crippen LogP contribution in [0.5, 0.6) is 0 Å². The number of benzene rings is 1. The number of methoxy groups -OCH3 is 1. The molecule has 0 aliphatic heterocycles. The summed E-state index contributed by atoms with van der Waals surface area (Å²) in [5.74, 6) is 2.04. The Morgan fingerprint density at radius 3 is 2.48 bits per heavy atom. The van der Waals surface area contributed by atoms with Crippen LogP contribution in [0, 0.1) is 0 Å². The van der Waals surface area contributed by atoms with Crippen molar-refractivity contribution < 1.29 is 4.74 Å². The topological polar surface area (TPSA) is 47.0 Å². The van der Waals surface area contributed by atoms with E-state index >= 15 is 0 Å². The molecule has 0 radical (unpaired) electrons. The second kappa shape index (κ2) is 7.43. The third-order valence-corrected chi connectivity index (χ3v) is 3.97.